The van der Waals surface area contributed by atoms with E-state index in [1.807, 2.05) is 30.8 Å². The lowest BCUT2D eigenvalue weighted by molar-refractivity contribution is 0.0465. The molecule has 0 aliphatic heterocycles. The Morgan fingerprint density at radius 2 is 2.25 bits per heavy atom. The van der Waals surface area contributed by atoms with Gasteiger partial charge in [0.15, 0.2) is 0 Å². The van der Waals surface area contributed by atoms with Crippen LogP contribution < -0.4 is 5.73 Å². The Morgan fingerprint density at radius 3 is 2.90 bits per heavy atom. The maximum atomic E-state index is 12.0. The topological polar surface area (TPSA) is 83.0 Å². The molecule has 0 radical (unpaired) electrons. The summed E-state index contributed by atoms with van der Waals surface area (Å²) in [4.78, 5) is 16.0. The lowest BCUT2D eigenvalue weighted by atomic mass is 10.2. The molecule has 0 aliphatic rings. The van der Waals surface area contributed by atoms with Gasteiger partial charge in [-0.05, 0) is 32.9 Å². The van der Waals surface area contributed by atoms with Crippen LogP contribution in [-0.2, 0) is 11.3 Å². The van der Waals surface area contributed by atoms with E-state index in [1.165, 1.54) is 6.20 Å². The first-order chi connectivity index (χ1) is 9.47. The first kappa shape index (κ1) is 14.0. The van der Waals surface area contributed by atoms with Gasteiger partial charge in [0.1, 0.15) is 6.61 Å². The summed E-state index contributed by atoms with van der Waals surface area (Å²) in [5, 5.41) is 4.31. The van der Waals surface area contributed by atoms with Gasteiger partial charge in [0.05, 0.1) is 28.8 Å². The highest BCUT2D eigenvalue weighted by atomic mass is 16.5. The Morgan fingerprint density at radius 1 is 1.50 bits per heavy atom. The average Bonchev–Trinajstić information content (AvgIpc) is 2.88. The van der Waals surface area contributed by atoms with Crippen LogP contribution in [-0.4, -0.2) is 20.7 Å². The molecule has 2 aromatic heterocycles. The third-order valence-electron chi connectivity index (χ3n) is 2.87. The number of rotatable bonds is 4. The molecule has 0 aliphatic carbocycles. The van der Waals surface area contributed by atoms with E-state index in [-0.39, 0.29) is 12.6 Å². The van der Waals surface area contributed by atoms with E-state index in [0.717, 1.165) is 0 Å². The number of nitrogens with zero attached hydrogens (tertiary/aromatic N) is 3. The molecule has 106 valence electrons. The van der Waals surface area contributed by atoms with Crippen molar-refractivity contribution in [2.45, 2.75) is 33.4 Å². The van der Waals surface area contributed by atoms with Gasteiger partial charge < -0.3 is 10.5 Å². The summed E-state index contributed by atoms with van der Waals surface area (Å²) in [5.74, 6) is -0.443. The monoisotopic (exact) mass is 274 g/mol. The molecule has 0 aromatic carbocycles. The zero-order valence-corrected chi connectivity index (χ0v) is 11.8. The molecular formula is C14H18N4O2. The van der Waals surface area contributed by atoms with Crippen LogP contribution in [0.3, 0.4) is 0 Å². The molecule has 6 heteroatoms. The second kappa shape index (κ2) is 5.73. The summed E-state index contributed by atoms with van der Waals surface area (Å²) >= 11 is 0. The number of carbonyl (C=O) groups is 1. The van der Waals surface area contributed by atoms with Gasteiger partial charge in [0, 0.05) is 12.2 Å². The molecule has 0 saturated carbocycles. The van der Waals surface area contributed by atoms with E-state index < -0.39 is 5.97 Å². The van der Waals surface area contributed by atoms with Crippen molar-refractivity contribution in [2.75, 3.05) is 5.73 Å². The molecule has 2 heterocycles. The van der Waals surface area contributed by atoms with Crippen LogP contribution in [0.1, 0.15) is 41.6 Å². The fourth-order valence-electron chi connectivity index (χ4n) is 1.72. The van der Waals surface area contributed by atoms with Crippen LogP contribution in [0.4, 0.5) is 5.69 Å². The maximum Gasteiger partial charge on any atom is 0.340 e. The second-order valence-electron chi connectivity index (χ2n) is 4.86. The summed E-state index contributed by atoms with van der Waals surface area (Å²) in [5.41, 5.74) is 7.75. The van der Waals surface area contributed by atoms with Crippen LogP contribution >= 0.6 is 0 Å². The lowest BCUT2D eigenvalue weighted by Crippen LogP contribution is -2.10. The Kier molecular flexibility index (Phi) is 4.02. The zero-order valence-electron chi connectivity index (χ0n) is 11.8. The van der Waals surface area contributed by atoms with E-state index in [4.69, 9.17) is 10.5 Å². The van der Waals surface area contributed by atoms with Crippen LogP contribution in [0, 0.1) is 6.92 Å². The molecule has 0 atom stereocenters. The minimum atomic E-state index is -0.443. The normalized spacial score (nSPS) is 10.8. The standard InChI is InChI=1S/C14H18N4O2/c1-9(2)18-5-4-12(17-18)8-20-14(19)13-6-11(15)7-16-10(13)3/h4-7,9H,8,15H2,1-3H3. The number of aromatic nitrogens is 3. The average molecular weight is 274 g/mol. The molecule has 6 nitrogen and oxygen atoms in total. The van der Waals surface area contributed by atoms with Gasteiger partial charge in [0.2, 0.25) is 0 Å². The number of nitrogen functional groups attached to an aromatic ring is 1. The number of hydrogen-bond donors (Lipinski definition) is 1. The summed E-state index contributed by atoms with van der Waals surface area (Å²) in [7, 11) is 0. The predicted octanol–water partition coefficient (Wildman–Crippen LogP) is 2.11. The Labute approximate surface area is 117 Å². The van der Waals surface area contributed by atoms with Crippen molar-refractivity contribution in [3.63, 3.8) is 0 Å². The Hall–Kier alpha value is -2.37. The quantitative estimate of drug-likeness (QED) is 0.863. The molecule has 0 fully saturated rings. The first-order valence-corrected chi connectivity index (χ1v) is 6.40. The van der Waals surface area contributed by atoms with E-state index in [1.54, 1.807) is 13.0 Å². The van der Waals surface area contributed by atoms with Crippen LogP contribution in [0.25, 0.3) is 0 Å². The smallest absolute Gasteiger partial charge is 0.340 e. The molecule has 2 N–H and O–H groups in total. The van der Waals surface area contributed by atoms with Crippen molar-refractivity contribution in [1.29, 1.82) is 0 Å². The number of esters is 1. The molecule has 20 heavy (non-hydrogen) atoms. The van der Waals surface area contributed by atoms with Gasteiger partial charge >= 0.3 is 5.97 Å². The number of carbonyl (C=O) groups excluding carboxylic acids is 1. The summed E-state index contributed by atoms with van der Waals surface area (Å²) in [6, 6.07) is 3.68. The van der Waals surface area contributed by atoms with Gasteiger partial charge in [-0.3, -0.25) is 9.67 Å². The van der Waals surface area contributed by atoms with Crippen molar-refractivity contribution in [3.8, 4) is 0 Å². The van der Waals surface area contributed by atoms with Crippen LogP contribution in [0.5, 0.6) is 0 Å². The van der Waals surface area contributed by atoms with Gasteiger partial charge in [-0.1, -0.05) is 0 Å². The minimum absolute atomic E-state index is 0.132. The third kappa shape index (κ3) is 3.14. The molecular weight excluding hydrogens is 256 g/mol. The number of hydrogen-bond acceptors (Lipinski definition) is 5. The first-order valence-electron chi connectivity index (χ1n) is 6.40. The summed E-state index contributed by atoms with van der Waals surface area (Å²) in [6.07, 6.45) is 3.37. The Balaban J connectivity index is 2.02. The Bertz CT molecular complexity index is 619. The fourth-order valence-corrected chi connectivity index (χ4v) is 1.72. The number of ether oxygens (including phenoxy) is 1. The van der Waals surface area contributed by atoms with Gasteiger partial charge in [-0.2, -0.15) is 5.10 Å². The van der Waals surface area contributed by atoms with E-state index >= 15 is 0 Å². The molecule has 0 unspecified atom stereocenters. The number of anilines is 1. The molecule has 0 saturated heterocycles. The summed E-state index contributed by atoms with van der Waals surface area (Å²) in [6.45, 7) is 5.94. The second-order valence-corrected chi connectivity index (χ2v) is 4.86. The zero-order chi connectivity index (χ0) is 14.7. The maximum absolute atomic E-state index is 12.0. The highest BCUT2D eigenvalue weighted by Crippen LogP contribution is 2.12. The van der Waals surface area contributed by atoms with Gasteiger partial charge in [-0.25, -0.2) is 4.79 Å². The number of nitrogens with two attached hydrogens (primary N) is 1. The molecule has 0 bridgehead atoms. The highest BCUT2D eigenvalue weighted by Gasteiger charge is 2.13. The van der Waals surface area contributed by atoms with Crippen LogP contribution in [0.15, 0.2) is 24.5 Å². The van der Waals surface area contributed by atoms with E-state index in [2.05, 4.69) is 10.1 Å². The molecule has 0 spiro atoms. The van der Waals surface area contributed by atoms with Gasteiger partial charge in [-0.15, -0.1) is 0 Å². The molecule has 0 amide bonds. The van der Waals surface area contributed by atoms with Crippen molar-refractivity contribution < 1.29 is 9.53 Å². The molecule has 2 aromatic rings. The lowest BCUT2D eigenvalue weighted by Gasteiger charge is -2.06. The van der Waals surface area contributed by atoms with E-state index in [0.29, 0.717) is 22.6 Å². The van der Waals surface area contributed by atoms with Crippen molar-refractivity contribution in [2.24, 2.45) is 0 Å². The number of pyridine rings is 1. The molecule has 2 rings (SSSR count). The minimum Gasteiger partial charge on any atom is -0.455 e. The van der Waals surface area contributed by atoms with Crippen LogP contribution in [0.2, 0.25) is 0 Å². The fraction of sp³-hybridized carbons (Fsp3) is 0.357. The largest absolute Gasteiger partial charge is 0.455 e. The summed E-state index contributed by atoms with van der Waals surface area (Å²) < 4.78 is 7.05. The van der Waals surface area contributed by atoms with E-state index in [9.17, 15) is 4.79 Å². The third-order valence-corrected chi connectivity index (χ3v) is 2.87. The van der Waals surface area contributed by atoms with Gasteiger partial charge in [0.25, 0.3) is 0 Å². The van der Waals surface area contributed by atoms with Crippen molar-refractivity contribution >= 4 is 11.7 Å². The highest BCUT2D eigenvalue weighted by molar-refractivity contribution is 5.91. The predicted molar refractivity (Wildman–Crippen MR) is 75.1 cm³/mol. The SMILES string of the molecule is Cc1ncc(N)cc1C(=O)OCc1ccn(C(C)C)n1. The number of aryl methyl sites for hydroxylation is 1. The van der Waals surface area contributed by atoms with Crippen molar-refractivity contribution in [1.82, 2.24) is 14.8 Å². The van der Waals surface area contributed by atoms with Crippen molar-refractivity contribution in [3.05, 3.63) is 41.5 Å².